The summed E-state index contributed by atoms with van der Waals surface area (Å²) in [5, 5.41) is 3.41. The molecule has 7 nitrogen and oxygen atoms in total. The molecule has 0 aliphatic carbocycles. The van der Waals surface area contributed by atoms with Crippen molar-refractivity contribution in [1.29, 1.82) is 0 Å². The highest BCUT2D eigenvalue weighted by Gasteiger charge is 2.34. The molecule has 4 aromatic carbocycles. The number of nitrogens with one attached hydrogen (secondary N) is 1. The molecule has 1 unspecified atom stereocenters. The Morgan fingerprint density at radius 3 is 1.91 bits per heavy atom. The van der Waals surface area contributed by atoms with Crippen molar-refractivity contribution in [1.82, 2.24) is 10.2 Å². The molecule has 230 valence electrons. The SMILES string of the molecule is CCCCNC(=O)C(Cc1ccccc1)N(Cc1ccccc1)C(=O)CN(c1cc(Cl)cc(Cl)c1)S(=O)(=O)c1ccccc1. The van der Waals surface area contributed by atoms with Gasteiger partial charge in [0.1, 0.15) is 12.6 Å². The molecule has 0 fully saturated rings. The van der Waals surface area contributed by atoms with Crippen molar-refractivity contribution in [2.75, 3.05) is 17.4 Å². The van der Waals surface area contributed by atoms with E-state index in [2.05, 4.69) is 5.32 Å². The minimum absolute atomic E-state index is 0.00310. The third-order valence-electron chi connectivity index (χ3n) is 7.04. The molecule has 10 heteroatoms. The standard InChI is InChI=1S/C34H35Cl2N3O4S/c1-2-3-19-37-34(41)32(20-26-13-7-4-8-14-26)38(24-27-15-9-5-10-16-27)33(40)25-39(30-22-28(35)21-29(36)23-30)44(42,43)31-17-11-6-12-18-31/h4-18,21-23,32H,2-3,19-20,24-25H2,1H3,(H,37,41). The average Bonchev–Trinajstić information content (AvgIpc) is 3.02. The summed E-state index contributed by atoms with van der Waals surface area (Å²) in [5.41, 5.74) is 1.79. The van der Waals surface area contributed by atoms with E-state index in [0.29, 0.717) is 6.54 Å². The monoisotopic (exact) mass is 651 g/mol. The number of halogens is 2. The van der Waals surface area contributed by atoms with E-state index in [9.17, 15) is 18.0 Å². The van der Waals surface area contributed by atoms with Crippen LogP contribution in [-0.4, -0.2) is 44.3 Å². The normalized spacial score (nSPS) is 11.9. The zero-order chi connectivity index (χ0) is 31.5. The highest BCUT2D eigenvalue weighted by Crippen LogP contribution is 2.30. The largest absolute Gasteiger partial charge is 0.354 e. The van der Waals surface area contributed by atoms with E-state index < -0.39 is 28.5 Å². The Morgan fingerprint density at radius 1 is 0.795 bits per heavy atom. The van der Waals surface area contributed by atoms with E-state index in [4.69, 9.17) is 23.2 Å². The van der Waals surface area contributed by atoms with Crippen LogP contribution in [0.5, 0.6) is 0 Å². The minimum atomic E-state index is -4.24. The number of benzene rings is 4. The third kappa shape index (κ3) is 8.85. The lowest BCUT2D eigenvalue weighted by molar-refractivity contribution is -0.140. The van der Waals surface area contributed by atoms with Crippen molar-refractivity contribution in [2.45, 2.75) is 43.7 Å². The maximum absolute atomic E-state index is 14.4. The Kier molecular flexibility index (Phi) is 11.8. The number of amides is 2. The maximum atomic E-state index is 14.4. The topological polar surface area (TPSA) is 86.8 Å². The van der Waals surface area contributed by atoms with Gasteiger partial charge in [0.05, 0.1) is 10.6 Å². The van der Waals surface area contributed by atoms with Crippen molar-refractivity contribution >= 4 is 50.7 Å². The molecule has 0 bridgehead atoms. The molecule has 0 spiro atoms. The van der Waals surface area contributed by atoms with Gasteiger partial charge < -0.3 is 10.2 Å². The van der Waals surface area contributed by atoms with Crippen molar-refractivity contribution in [3.8, 4) is 0 Å². The van der Waals surface area contributed by atoms with Crippen LogP contribution in [0.15, 0.2) is 114 Å². The summed E-state index contributed by atoms with van der Waals surface area (Å²) in [4.78, 5) is 29.6. The van der Waals surface area contributed by atoms with Crippen LogP contribution in [0.25, 0.3) is 0 Å². The predicted octanol–water partition coefficient (Wildman–Crippen LogP) is 6.75. The van der Waals surface area contributed by atoms with Crippen LogP contribution in [0.3, 0.4) is 0 Å². The zero-order valence-electron chi connectivity index (χ0n) is 24.4. The van der Waals surface area contributed by atoms with Crippen LogP contribution < -0.4 is 9.62 Å². The van der Waals surface area contributed by atoms with E-state index >= 15 is 0 Å². The summed E-state index contributed by atoms with van der Waals surface area (Å²) in [6, 6.07) is 30.0. The third-order valence-corrected chi connectivity index (χ3v) is 9.27. The molecular weight excluding hydrogens is 617 g/mol. The van der Waals surface area contributed by atoms with E-state index in [1.807, 2.05) is 67.6 Å². The van der Waals surface area contributed by atoms with Crippen molar-refractivity contribution in [3.05, 3.63) is 130 Å². The number of hydrogen-bond donors (Lipinski definition) is 1. The first-order valence-electron chi connectivity index (χ1n) is 14.4. The lowest BCUT2D eigenvalue weighted by Crippen LogP contribution is -2.53. The van der Waals surface area contributed by atoms with Gasteiger partial charge in [0.2, 0.25) is 11.8 Å². The molecule has 1 N–H and O–H groups in total. The summed E-state index contributed by atoms with van der Waals surface area (Å²) in [6.45, 7) is 1.99. The van der Waals surface area contributed by atoms with Gasteiger partial charge in [0.25, 0.3) is 10.0 Å². The Morgan fingerprint density at radius 2 is 1.34 bits per heavy atom. The fraction of sp³-hybridized carbons (Fsp3) is 0.235. The number of nitrogens with zero attached hydrogens (tertiary/aromatic N) is 2. The average molecular weight is 653 g/mol. The zero-order valence-corrected chi connectivity index (χ0v) is 26.7. The first-order chi connectivity index (χ1) is 21.2. The van der Waals surface area contributed by atoms with Crippen LogP contribution in [0.2, 0.25) is 10.0 Å². The van der Waals surface area contributed by atoms with Gasteiger partial charge in [-0.3, -0.25) is 13.9 Å². The number of anilines is 1. The van der Waals surface area contributed by atoms with Gasteiger partial charge >= 0.3 is 0 Å². The molecule has 1 atom stereocenters. The summed E-state index contributed by atoms with van der Waals surface area (Å²) in [7, 11) is -4.24. The van der Waals surface area contributed by atoms with Crippen LogP contribution in [0, 0.1) is 0 Å². The second kappa shape index (κ2) is 15.7. The number of unbranched alkanes of at least 4 members (excludes halogenated alkanes) is 1. The first-order valence-corrected chi connectivity index (χ1v) is 16.6. The molecule has 0 radical (unpaired) electrons. The molecule has 0 aliphatic rings. The number of rotatable bonds is 14. The molecule has 0 aliphatic heterocycles. The summed E-state index contributed by atoms with van der Waals surface area (Å²) in [5.74, 6) is -0.870. The molecular formula is C34H35Cl2N3O4S. The predicted molar refractivity (Wildman–Crippen MR) is 176 cm³/mol. The van der Waals surface area contributed by atoms with Gasteiger partial charge in [0.15, 0.2) is 0 Å². The second-order valence-corrected chi connectivity index (χ2v) is 13.0. The molecule has 0 saturated carbocycles. The van der Waals surface area contributed by atoms with Gasteiger partial charge in [-0.2, -0.15) is 0 Å². The molecule has 4 rings (SSSR count). The minimum Gasteiger partial charge on any atom is -0.354 e. The summed E-state index contributed by atoms with van der Waals surface area (Å²) in [6.07, 6.45) is 1.92. The van der Waals surface area contributed by atoms with E-state index in [1.165, 1.54) is 35.2 Å². The Hall–Kier alpha value is -3.85. The second-order valence-electron chi connectivity index (χ2n) is 10.3. The highest BCUT2D eigenvalue weighted by molar-refractivity contribution is 7.92. The number of carbonyl (C=O) groups is 2. The van der Waals surface area contributed by atoms with Crippen LogP contribution in [-0.2, 0) is 32.6 Å². The molecule has 0 aromatic heterocycles. The van der Waals surface area contributed by atoms with Crippen LogP contribution in [0.1, 0.15) is 30.9 Å². The number of carbonyl (C=O) groups excluding carboxylic acids is 2. The van der Waals surface area contributed by atoms with E-state index in [1.54, 1.807) is 18.2 Å². The highest BCUT2D eigenvalue weighted by atomic mass is 35.5. The summed E-state index contributed by atoms with van der Waals surface area (Å²) >= 11 is 12.6. The van der Waals surface area contributed by atoms with Crippen LogP contribution >= 0.6 is 23.2 Å². The Labute approximate surface area is 269 Å². The molecule has 0 saturated heterocycles. The molecule has 0 heterocycles. The van der Waals surface area contributed by atoms with Crippen molar-refractivity contribution in [2.24, 2.45) is 0 Å². The smallest absolute Gasteiger partial charge is 0.264 e. The van der Waals surface area contributed by atoms with Crippen molar-refractivity contribution in [3.63, 3.8) is 0 Å². The van der Waals surface area contributed by atoms with Crippen LogP contribution in [0.4, 0.5) is 5.69 Å². The van der Waals surface area contributed by atoms with Gasteiger partial charge in [-0.05, 0) is 47.9 Å². The molecule has 44 heavy (non-hydrogen) atoms. The van der Waals surface area contributed by atoms with Gasteiger partial charge in [0, 0.05) is 29.6 Å². The molecule has 4 aromatic rings. The summed E-state index contributed by atoms with van der Waals surface area (Å²) < 4.78 is 29.1. The van der Waals surface area contributed by atoms with Crippen molar-refractivity contribution < 1.29 is 18.0 Å². The number of hydrogen-bond acceptors (Lipinski definition) is 4. The lowest BCUT2D eigenvalue weighted by Gasteiger charge is -2.34. The Balaban J connectivity index is 1.79. The fourth-order valence-corrected chi connectivity index (χ4v) is 6.71. The Bertz CT molecular complexity index is 1620. The van der Waals surface area contributed by atoms with Gasteiger partial charge in [-0.1, -0.05) is 115 Å². The van der Waals surface area contributed by atoms with Gasteiger partial charge in [-0.25, -0.2) is 8.42 Å². The van der Waals surface area contributed by atoms with E-state index in [-0.39, 0.29) is 39.5 Å². The maximum Gasteiger partial charge on any atom is 0.264 e. The van der Waals surface area contributed by atoms with E-state index in [0.717, 1.165) is 28.3 Å². The first kappa shape index (κ1) is 33.1. The number of sulfonamides is 1. The van der Waals surface area contributed by atoms with Gasteiger partial charge in [-0.15, -0.1) is 0 Å². The fourth-order valence-electron chi connectivity index (χ4n) is 4.77. The molecule has 2 amide bonds. The quantitative estimate of drug-likeness (QED) is 0.153. The lowest BCUT2D eigenvalue weighted by atomic mass is 10.0.